The van der Waals surface area contributed by atoms with Crippen LogP contribution in [0.15, 0.2) is 191 Å². The molecule has 0 atom stereocenters. The summed E-state index contributed by atoms with van der Waals surface area (Å²) in [4.78, 5) is 21.5. The van der Waals surface area contributed by atoms with E-state index >= 15 is 4.79 Å². The first-order valence-electron chi connectivity index (χ1n) is 30.3. The highest BCUT2D eigenvalue weighted by Gasteiger charge is 2.59. The average molecular weight is 1090 g/mol. The van der Waals surface area contributed by atoms with Crippen molar-refractivity contribution in [2.75, 3.05) is 9.80 Å². The van der Waals surface area contributed by atoms with Gasteiger partial charge in [-0.3, -0.25) is 9.80 Å². The first-order valence-corrected chi connectivity index (χ1v) is 30.3. The number of anilines is 4. The number of urea groups is 1. The Balaban J connectivity index is 1.00. The van der Waals surface area contributed by atoms with Gasteiger partial charge < -0.3 is 8.83 Å². The Morgan fingerprint density at radius 2 is 0.738 bits per heavy atom. The quantitative estimate of drug-likeness (QED) is 0.165. The Morgan fingerprint density at radius 1 is 0.357 bits per heavy atom. The zero-order valence-corrected chi connectivity index (χ0v) is 50.1. The van der Waals surface area contributed by atoms with Gasteiger partial charge in [0.1, 0.15) is 11.2 Å². The summed E-state index contributed by atoms with van der Waals surface area (Å²) >= 11 is 0. The van der Waals surface area contributed by atoms with Gasteiger partial charge in [0.25, 0.3) is 0 Å². The molecule has 408 valence electrons. The smallest absolute Gasteiger partial charge is 0.338 e. The molecule has 0 fully saturated rings. The van der Waals surface area contributed by atoms with Crippen molar-refractivity contribution in [3.63, 3.8) is 0 Å². The predicted molar refractivity (Wildman–Crippen MR) is 354 cm³/mol. The molecule has 0 N–H and O–H groups in total. The predicted octanol–water partition coefficient (Wildman–Crippen LogP) is 16.2. The van der Waals surface area contributed by atoms with E-state index in [1.54, 1.807) is 0 Å². The molecule has 0 bridgehead atoms. The lowest BCUT2D eigenvalue weighted by Crippen LogP contribution is -2.64. The Bertz CT molecular complexity index is 4650. The third-order valence-corrected chi connectivity index (χ3v) is 23.9. The number of nitrogens with zero attached hydrogens (tertiary/aromatic N) is 2. The van der Waals surface area contributed by atoms with E-state index < -0.39 is 0 Å². The van der Waals surface area contributed by atoms with Gasteiger partial charge in [-0.1, -0.05) is 264 Å². The topological polar surface area (TPSA) is 49.8 Å². The summed E-state index contributed by atoms with van der Waals surface area (Å²) in [6, 6.07) is 66.8. The molecule has 2 aromatic heterocycles. The highest BCUT2D eigenvalue weighted by molar-refractivity contribution is 7.00. The highest BCUT2D eigenvalue weighted by Crippen LogP contribution is 2.63. The zero-order chi connectivity index (χ0) is 57.7. The van der Waals surface area contributed by atoms with E-state index in [4.69, 9.17) is 8.83 Å². The molecule has 5 nitrogen and oxygen atoms in total. The van der Waals surface area contributed by atoms with Crippen LogP contribution in [0.5, 0.6) is 0 Å². The van der Waals surface area contributed by atoms with Gasteiger partial charge in [0.05, 0.1) is 22.7 Å². The minimum absolute atomic E-state index is 0.0226. The second kappa shape index (κ2) is 16.0. The first-order chi connectivity index (χ1) is 40.2. The van der Waals surface area contributed by atoms with Crippen LogP contribution in [0.4, 0.5) is 27.5 Å². The molecule has 2 amide bonds. The van der Waals surface area contributed by atoms with Crippen molar-refractivity contribution < 1.29 is 13.6 Å². The van der Waals surface area contributed by atoms with Gasteiger partial charge in [-0.05, 0) is 116 Å². The number of furan rings is 2. The molecule has 0 unspecified atom stereocenters. The number of hydrogen-bond donors (Lipinski definition) is 0. The minimum Gasteiger partial charge on any atom is -0.454 e. The van der Waals surface area contributed by atoms with Crippen molar-refractivity contribution in [1.82, 2.24) is 0 Å². The van der Waals surface area contributed by atoms with Crippen molar-refractivity contribution in [3.8, 4) is 22.3 Å². The van der Waals surface area contributed by atoms with Gasteiger partial charge >= 0.3 is 6.03 Å². The normalized spacial score (nSPS) is 18.5. The summed E-state index contributed by atoms with van der Waals surface area (Å²) in [6.45, 7) is 28.7. The summed E-state index contributed by atoms with van der Waals surface area (Å²) in [5, 5.41) is 6.14. The summed E-state index contributed by atoms with van der Waals surface area (Å²) in [6.07, 6.45) is 0. The van der Waals surface area contributed by atoms with E-state index in [9.17, 15) is 0 Å². The number of benzene rings is 10. The SMILES string of the molecule is CC1(C)c2ccc(B3c4ccc5c(oc6cccc(-c7ccccc7)c65)c4N4C(=O)N5c6c(ccc7c6oc6cccc(-c8ccccc8)c67)B(c6ccc7c(c6)C(C)(C)C(C)(C)C7(C)C)c6ccc7ccc3c4c7c65)cc2C(C)(C)C1(C)C. The van der Waals surface area contributed by atoms with Crippen LogP contribution in [0.3, 0.4) is 0 Å². The maximum Gasteiger partial charge on any atom is 0.338 e. The Morgan fingerprint density at radius 3 is 1.15 bits per heavy atom. The second-order valence-electron chi connectivity index (χ2n) is 28.3. The van der Waals surface area contributed by atoms with E-state index in [2.05, 4.69) is 275 Å². The minimum atomic E-state index is -0.235. The van der Waals surface area contributed by atoms with Crippen LogP contribution in [-0.4, -0.2) is 19.5 Å². The Labute approximate surface area is 492 Å². The fraction of sp³-hybridized carbons (Fsp3) is 0.234. The van der Waals surface area contributed by atoms with Crippen LogP contribution in [0.1, 0.15) is 105 Å². The summed E-state index contributed by atoms with van der Waals surface area (Å²) in [5.41, 5.74) is 22.6. The number of fused-ring (bicyclic) bond motifs is 14. The lowest BCUT2D eigenvalue weighted by Gasteiger charge is -2.46. The number of rotatable bonds is 4. The molecule has 7 heteroatoms. The van der Waals surface area contributed by atoms with Crippen molar-refractivity contribution in [2.45, 2.75) is 105 Å². The van der Waals surface area contributed by atoms with Crippen LogP contribution >= 0.6 is 0 Å². The highest BCUT2D eigenvalue weighted by atomic mass is 16.3. The Kier molecular flexibility index (Phi) is 9.53. The van der Waals surface area contributed by atoms with E-state index in [0.29, 0.717) is 11.2 Å². The molecule has 3 aliphatic heterocycles. The molecule has 0 saturated heterocycles. The van der Waals surface area contributed by atoms with E-state index in [1.807, 2.05) is 0 Å². The van der Waals surface area contributed by atoms with Crippen LogP contribution in [0.25, 0.3) is 76.9 Å². The number of hydrogen-bond acceptors (Lipinski definition) is 3. The molecule has 0 saturated carbocycles. The van der Waals surface area contributed by atoms with Gasteiger partial charge in [-0.25, -0.2) is 4.79 Å². The Hall–Kier alpha value is -8.54. The van der Waals surface area contributed by atoms with Crippen LogP contribution < -0.4 is 42.6 Å². The van der Waals surface area contributed by atoms with Gasteiger partial charge in [-0.15, -0.1) is 0 Å². The lowest BCUT2D eigenvalue weighted by molar-refractivity contribution is 0.125. The molecule has 0 radical (unpaired) electrons. The molecule has 12 aromatic rings. The maximum absolute atomic E-state index is 17.4. The van der Waals surface area contributed by atoms with Gasteiger partial charge in [0.15, 0.2) is 11.2 Å². The fourth-order valence-electron chi connectivity index (χ4n) is 17.1. The lowest BCUT2D eigenvalue weighted by atomic mass is 9.33. The fourth-order valence-corrected chi connectivity index (χ4v) is 17.1. The largest absolute Gasteiger partial charge is 0.454 e. The molecule has 5 aliphatic rings. The number of amides is 2. The first kappa shape index (κ1) is 50.0. The third kappa shape index (κ3) is 5.82. The van der Waals surface area contributed by atoms with E-state index in [-0.39, 0.29) is 51.9 Å². The molecule has 84 heavy (non-hydrogen) atoms. The molecule has 10 aromatic carbocycles. The van der Waals surface area contributed by atoms with Crippen LogP contribution in [0.2, 0.25) is 0 Å². The van der Waals surface area contributed by atoms with E-state index in [1.165, 1.54) is 33.2 Å². The summed E-state index contributed by atoms with van der Waals surface area (Å²) in [5.74, 6) is 0. The molecule has 17 rings (SSSR count). The molecule has 0 spiro atoms. The average Bonchev–Trinajstić information content (AvgIpc) is 0.839. The maximum atomic E-state index is 17.4. The van der Waals surface area contributed by atoms with Crippen molar-refractivity contribution in [2.24, 2.45) is 10.8 Å². The molecular weight excluding hydrogens is 1020 g/mol. The summed E-state index contributed by atoms with van der Waals surface area (Å²) < 4.78 is 14.7. The zero-order valence-electron chi connectivity index (χ0n) is 50.1. The standard InChI is InChI=1S/C77H66B2N2O3/c1-72(2)52-35-31-46(41-54(52)74(5,6)76(72,9)10)78-56-37-29-45-30-38-57-66-62(45)65(56)80(67-58(78)39-33-50-63-48(43-21-15-13-16-22-43)25-19-27-60(63)83-69(50)67)71(82)81(66)68-59(79(57)47-32-36-53-55(42-47)75(7,8)77(11,12)73(53,3)4)40-34-51-64-49(44-23-17-14-18-24-44)26-20-28-61(64)84-70(51)68/h13-42H,1-12H3. The van der Waals surface area contributed by atoms with Crippen molar-refractivity contribution >= 4 is 130 Å². The van der Waals surface area contributed by atoms with E-state index in [0.717, 1.165) is 110 Å². The molecular formula is C77H66B2N2O3. The van der Waals surface area contributed by atoms with Crippen LogP contribution in [0, 0.1) is 10.8 Å². The summed E-state index contributed by atoms with van der Waals surface area (Å²) in [7, 11) is 0. The van der Waals surface area contributed by atoms with Crippen molar-refractivity contribution in [3.05, 3.63) is 204 Å². The van der Waals surface area contributed by atoms with Gasteiger partial charge in [0.2, 0.25) is 13.4 Å². The van der Waals surface area contributed by atoms with Crippen LogP contribution in [-0.2, 0) is 21.7 Å². The van der Waals surface area contributed by atoms with Crippen molar-refractivity contribution in [1.29, 1.82) is 0 Å². The molecule has 5 heterocycles. The number of carbonyl (C=O) groups excluding carboxylic acids is 1. The third-order valence-electron chi connectivity index (χ3n) is 23.9. The van der Waals surface area contributed by atoms with Gasteiger partial charge in [-0.2, -0.15) is 0 Å². The monoisotopic (exact) mass is 1090 g/mol. The molecule has 2 aliphatic carbocycles. The number of carbonyl (C=O) groups is 1. The van der Waals surface area contributed by atoms with Gasteiger partial charge in [0, 0.05) is 26.9 Å². The second-order valence-corrected chi connectivity index (χ2v) is 28.3.